The quantitative estimate of drug-likeness (QED) is 0.661. The molecule has 1 aliphatic heterocycles. The van der Waals surface area contributed by atoms with Gasteiger partial charge in [-0.05, 0) is 48.9 Å². The lowest BCUT2D eigenvalue weighted by molar-refractivity contribution is -0.125. The average molecular weight is 381 g/mol. The van der Waals surface area contributed by atoms with Gasteiger partial charge in [0.15, 0.2) is 0 Å². The summed E-state index contributed by atoms with van der Waals surface area (Å²) in [5.74, 6) is 0.989. The molecule has 4 rings (SSSR count). The molecule has 3 aromatic rings. The molecular weight excluding hydrogens is 356 g/mol. The van der Waals surface area contributed by atoms with E-state index in [4.69, 9.17) is 0 Å². The predicted octanol–water partition coefficient (Wildman–Crippen LogP) is 3.82. The molecule has 27 heavy (non-hydrogen) atoms. The lowest BCUT2D eigenvalue weighted by atomic mass is 9.97. The van der Waals surface area contributed by atoms with Crippen LogP contribution in [0.3, 0.4) is 0 Å². The lowest BCUT2D eigenvalue weighted by Crippen LogP contribution is -2.43. The number of hydrogen-bond donors (Lipinski definition) is 2. The molecule has 0 unspecified atom stereocenters. The smallest absolute Gasteiger partial charge is 0.225 e. The third-order valence-electron chi connectivity index (χ3n) is 5.09. The van der Waals surface area contributed by atoms with Gasteiger partial charge in [-0.25, -0.2) is 4.98 Å². The summed E-state index contributed by atoms with van der Waals surface area (Å²) in [6, 6.07) is 16.4. The minimum atomic E-state index is -0.00238. The van der Waals surface area contributed by atoms with Crippen molar-refractivity contribution in [1.29, 1.82) is 0 Å². The number of nitrogens with zero attached hydrogens (tertiary/aromatic N) is 2. The Balaban J connectivity index is 1.37. The van der Waals surface area contributed by atoms with Gasteiger partial charge in [-0.15, -0.1) is 11.8 Å². The van der Waals surface area contributed by atoms with Gasteiger partial charge >= 0.3 is 0 Å². The van der Waals surface area contributed by atoms with Crippen LogP contribution in [0.5, 0.6) is 0 Å². The van der Waals surface area contributed by atoms with Gasteiger partial charge in [-0.2, -0.15) is 0 Å². The van der Waals surface area contributed by atoms with Gasteiger partial charge in [0.2, 0.25) is 11.9 Å². The minimum Gasteiger partial charge on any atom is -0.352 e. The van der Waals surface area contributed by atoms with Crippen LogP contribution in [0.25, 0.3) is 11.0 Å². The molecule has 1 fully saturated rings. The normalized spacial score (nSPS) is 17.2. The molecule has 1 aromatic heterocycles. The monoisotopic (exact) mass is 380 g/mol. The first-order valence-electron chi connectivity index (χ1n) is 9.33. The van der Waals surface area contributed by atoms with Crippen LogP contribution < -0.4 is 10.2 Å². The van der Waals surface area contributed by atoms with Gasteiger partial charge in [-0.3, -0.25) is 4.79 Å². The molecule has 0 radical (unpaired) electrons. The Bertz CT molecular complexity index is 888. The van der Waals surface area contributed by atoms with Crippen LogP contribution in [0.1, 0.15) is 18.4 Å². The summed E-state index contributed by atoms with van der Waals surface area (Å²) in [5, 5.41) is 3.10. The van der Waals surface area contributed by atoms with E-state index < -0.39 is 0 Å². The molecule has 1 aliphatic rings. The highest BCUT2D eigenvalue weighted by molar-refractivity contribution is 7.98. The van der Waals surface area contributed by atoms with Crippen LogP contribution in [-0.4, -0.2) is 35.2 Å². The second kappa shape index (κ2) is 8.05. The molecule has 6 heteroatoms. The Labute approximate surface area is 163 Å². The maximum Gasteiger partial charge on any atom is 0.225 e. The number of thioether (sulfide) groups is 1. The van der Waals surface area contributed by atoms with Gasteiger partial charge in [0.1, 0.15) is 0 Å². The van der Waals surface area contributed by atoms with Crippen LogP contribution in [0.2, 0.25) is 0 Å². The molecule has 0 aliphatic carbocycles. The Hall–Kier alpha value is -2.47. The van der Waals surface area contributed by atoms with Crippen molar-refractivity contribution < 1.29 is 4.79 Å². The number of carbonyl (C=O) groups excluding carboxylic acids is 1. The molecule has 0 spiro atoms. The van der Waals surface area contributed by atoms with Gasteiger partial charge in [0.25, 0.3) is 0 Å². The summed E-state index contributed by atoms with van der Waals surface area (Å²) >= 11 is 1.72. The second-order valence-electron chi connectivity index (χ2n) is 6.93. The van der Waals surface area contributed by atoms with Crippen molar-refractivity contribution in [2.24, 2.45) is 5.92 Å². The zero-order valence-electron chi connectivity index (χ0n) is 15.4. The Morgan fingerprint density at radius 1 is 1.26 bits per heavy atom. The Morgan fingerprint density at radius 2 is 2.07 bits per heavy atom. The molecule has 1 saturated heterocycles. The van der Waals surface area contributed by atoms with Gasteiger partial charge in [-0.1, -0.05) is 24.3 Å². The molecule has 0 bridgehead atoms. The van der Waals surface area contributed by atoms with Crippen LogP contribution in [0, 0.1) is 5.92 Å². The topological polar surface area (TPSA) is 61.0 Å². The number of para-hydroxylation sites is 2. The number of fused-ring (bicyclic) bond motifs is 1. The predicted molar refractivity (Wildman–Crippen MR) is 111 cm³/mol. The van der Waals surface area contributed by atoms with Crippen molar-refractivity contribution in [2.75, 3.05) is 24.2 Å². The van der Waals surface area contributed by atoms with E-state index in [1.807, 2.05) is 24.3 Å². The molecule has 2 aromatic carbocycles. The zero-order valence-corrected chi connectivity index (χ0v) is 16.3. The molecule has 1 amide bonds. The summed E-state index contributed by atoms with van der Waals surface area (Å²) in [4.78, 5) is 24.2. The number of benzene rings is 2. The van der Waals surface area contributed by atoms with Crippen molar-refractivity contribution in [3.8, 4) is 0 Å². The van der Waals surface area contributed by atoms with E-state index in [1.165, 1.54) is 4.90 Å². The van der Waals surface area contributed by atoms with Crippen molar-refractivity contribution in [3.63, 3.8) is 0 Å². The fourth-order valence-electron chi connectivity index (χ4n) is 3.55. The van der Waals surface area contributed by atoms with Crippen LogP contribution in [-0.2, 0) is 11.3 Å². The summed E-state index contributed by atoms with van der Waals surface area (Å²) in [6.07, 6.45) is 3.99. The number of aromatic nitrogens is 2. The highest BCUT2D eigenvalue weighted by Crippen LogP contribution is 2.23. The number of amides is 1. The van der Waals surface area contributed by atoms with Crippen molar-refractivity contribution in [3.05, 3.63) is 54.1 Å². The highest BCUT2D eigenvalue weighted by Gasteiger charge is 2.27. The number of aromatic amines is 1. The van der Waals surface area contributed by atoms with Crippen LogP contribution in [0.15, 0.2) is 53.4 Å². The van der Waals surface area contributed by atoms with E-state index in [2.05, 4.69) is 50.7 Å². The van der Waals surface area contributed by atoms with E-state index >= 15 is 0 Å². The van der Waals surface area contributed by atoms with E-state index in [0.717, 1.165) is 41.9 Å². The first-order chi connectivity index (χ1) is 13.2. The maximum absolute atomic E-state index is 12.7. The molecule has 2 N–H and O–H groups in total. The fourth-order valence-corrected chi connectivity index (χ4v) is 3.96. The van der Waals surface area contributed by atoms with Crippen molar-refractivity contribution in [2.45, 2.75) is 24.3 Å². The van der Waals surface area contributed by atoms with Crippen molar-refractivity contribution in [1.82, 2.24) is 15.3 Å². The SMILES string of the molecule is CSc1ccc(CNC(=O)[C@H]2CCCN(c3nc4ccccc4[nH]3)C2)cc1. The highest BCUT2D eigenvalue weighted by atomic mass is 32.2. The van der Waals surface area contributed by atoms with E-state index in [9.17, 15) is 4.79 Å². The Morgan fingerprint density at radius 3 is 2.85 bits per heavy atom. The zero-order chi connectivity index (χ0) is 18.6. The van der Waals surface area contributed by atoms with E-state index in [-0.39, 0.29) is 11.8 Å². The molecular formula is C21H24N4OS. The minimum absolute atomic E-state index is 0.00238. The molecule has 140 valence electrons. The average Bonchev–Trinajstić information content (AvgIpc) is 3.17. The number of nitrogens with one attached hydrogen (secondary N) is 2. The van der Waals surface area contributed by atoms with E-state index in [1.54, 1.807) is 11.8 Å². The number of rotatable bonds is 5. The largest absolute Gasteiger partial charge is 0.352 e. The number of piperidine rings is 1. The van der Waals surface area contributed by atoms with Crippen LogP contribution in [0.4, 0.5) is 5.95 Å². The summed E-state index contributed by atoms with van der Waals surface area (Å²) in [7, 11) is 0. The summed E-state index contributed by atoms with van der Waals surface area (Å²) in [6.45, 7) is 2.21. The lowest BCUT2D eigenvalue weighted by Gasteiger charge is -2.31. The van der Waals surface area contributed by atoms with Gasteiger partial charge in [0.05, 0.1) is 17.0 Å². The number of hydrogen-bond acceptors (Lipinski definition) is 4. The van der Waals surface area contributed by atoms with E-state index in [0.29, 0.717) is 13.1 Å². The third kappa shape index (κ3) is 4.11. The fraction of sp³-hybridized carbons (Fsp3) is 0.333. The molecule has 2 heterocycles. The molecule has 1 atom stereocenters. The number of carbonyl (C=O) groups is 1. The maximum atomic E-state index is 12.7. The van der Waals surface area contributed by atoms with Gasteiger partial charge in [0, 0.05) is 24.5 Å². The number of imidazole rings is 1. The van der Waals surface area contributed by atoms with Gasteiger partial charge < -0.3 is 15.2 Å². The number of anilines is 1. The summed E-state index contributed by atoms with van der Waals surface area (Å²) < 4.78 is 0. The number of H-pyrrole nitrogens is 1. The Kier molecular flexibility index (Phi) is 5.34. The molecule has 5 nitrogen and oxygen atoms in total. The molecule has 0 saturated carbocycles. The summed E-state index contributed by atoms with van der Waals surface area (Å²) in [5.41, 5.74) is 3.13. The standard InChI is InChI=1S/C21H24N4OS/c1-27-17-10-8-15(9-11-17)13-22-20(26)16-5-4-12-25(14-16)21-23-18-6-2-3-7-19(18)24-21/h2-3,6-11,16H,4-5,12-14H2,1H3,(H,22,26)(H,23,24)/t16-/m0/s1. The third-order valence-corrected chi connectivity index (χ3v) is 5.84. The van der Waals surface area contributed by atoms with Crippen molar-refractivity contribution >= 4 is 34.7 Å². The first-order valence-corrected chi connectivity index (χ1v) is 10.6. The van der Waals surface area contributed by atoms with Crippen LogP contribution >= 0.6 is 11.8 Å². The second-order valence-corrected chi connectivity index (χ2v) is 7.81. The first kappa shape index (κ1) is 17.9.